The smallest absolute Gasteiger partial charge is 0.246 e. The Morgan fingerprint density at radius 3 is 2.68 bits per heavy atom. The summed E-state index contributed by atoms with van der Waals surface area (Å²) in [5.41, 5.74) is 2.01. The van der Waals surface area contributed by atoms with E-state index in [2.05, 4.69) is 5.32 Å². The Kier molecular flexibility index (Phi) is 7.94. The number of halogens is 2. The highest BCUT2D eigenvalue weighted by atomic mass is 35.5. The van der Waals surface area contributed by atoms with E-state index in [1.807, 2.05) is 43.1 Å². The molecule has 0 unspecified atom stereocenters. The van der Waals surface area contributed by atoms with Crippen LogP contribution in [0.4, 0.5) is 0 Å². The van der Waals surface area contributed by atoms with Crippen LogP contribution >= 0.6 is 24.0 Å². The zero-order chi connectivity index (χ0) is 15.2. The van der Waals surface area contributed by atoms with Crippen LogP contribution in [0.1, 0.15) is 24.0 Å². The van der Waals surface area contributed by atoms with Gasteiger partial charge < -0.3 is 10.2 Å². The van der Waals surface area contributed by atoms with Gasteiger partial charge in [-0.15, -0.1) is 12.4 Å². The van der Waals surface area contributed by atoms with Gasteiger partial charge in [-0.1, -0.05) is 23.7 Å². The maximum absolute atomic E-state index is 12.2. The zero-order valence-corrected chi connectivity index (χ0v) is 14.7. The van der Waals surface area contributed by atoms with E-state index >= 15 is 0 Å². The van der Waals surface area contributed by atoms with Gasteiger partial charge in [-0.2, -0.15) is 0 Å². The van der Waals surface area contributed by atoms with Crippen molar-refractivity contribution in [3.63, 3.8) is 0 Å². The maximum Gasteiger partial charge on any atom is 0.246 e. The first-order chi connectivity index (χ1) is 10.1. The van der Waals surface area contributed by atoms with Crippen molar-refractivity contribution in [3.8, 4) is 0 Å². The molecule has 3 nitrogen and oxygen atoms in total. The minimum Gasteiger partial charge on any atom is -0.339 e. The van der Waals surface area contributed by atoms with Crippen molar-refractivity contribution >= 4 is 36.0 Å². The number of hydrogen-bond donors (Lipinski definition) is 1. The SMILES string of the molecule is CNCC1CCN(C(=O)/C=C/c2ccc(C)c(Cl)c2)CC1.Cl. The van der Waals surface area contributed by atoms with Gasteiger partial charge in [-0.25, -0.2) is 0 Å². The second kappa shape index (κ2) is 9.19. The Bertz CT molecular complexity index is 523. The maximum atomic E-state index is 12.2. The van der Waals surface area contributed by atoms with Crippen molar-refractivity contribution in [1.82, 2.24) is 10.2 Å². The van der Waals surface area contributed by atoms with Crippen LogP contribution in [0.5, 0.6) is 0 Å². The predicted octanol–water partition coefficient (Wildman–Crippen LogP) is 3.54. The zero-order valence-electron chi connectivity index (χ0n) is 13.1. The Morgan fingerprint density at radius 1 is 1.41 bits per heavy atom. The third kappa shape index (κ3) is 5.31. The standard InChI is InChI=1S/C17H23ClN2O.ClH/c1-13-3-4-14(11-16(13)18)5-6-17(21)20-9-7-15(8-10-20)12-19-2;/h3-6,11,15,19H,7-10,12H2,1-2H3;1H/b6-5+;. The van der Waals surface area contributed by atoms with E-state index in [0.29, 0.717) is 5.92 Å². The minimum absolute atomic E-state index is 0. The molecule has 1 amide bonds. The van der Waals surface area contributed by atoms with Crippen molar-refractivity contribution in [2.24, 2.45) is 5.92 Å². The van der Waals surface area contributed by atoms with E-state index < -0.39 is 0 Å². The van der Waals surface area contributed by atoms with Crippen LogP contribution in [-0.4, -0.2) is 37.5 Å². The van der Waals surface area contributed by atoms with Gasteiger partial charge in [-0.05, 0) is 62.5 Å². The van der Waals surface area contributed by atoms with Gasteiger partial charge in [0.1, 0.15) is 0 Å². The van der Waals surface area contributed by atoms with Gasteiger partial charge in [0, 0.05) is 24.2 Å². The van der Waals surface area contributed by atoms with Gasteiger partial charge in [0.05, 0.1) is 0 Å². The number of likely N-dealkylation sites (tertiary alicyclic amines) is 1. The lowest BCUT2D eigenvalue weighted by Crippen LogP contribution is -2.39. The summed E-state index contributed by atoms with van der Waals surface area (Å²) in [6, 6.07) is 5.83. The molecule has 0 atom stereocenters. The summed E-state index contributed by atoms with van der Waals surface area (Å²) in [6.45, 7) is 4.71. The normalized spacial score (nSPS) is 15.9. The van der Waals surface area contributed by atoms with Crippen LogP contribution in [0.15, 0.2) is 24.3 Å². The van der Waals surface area contributed by atoms with Gasteiger partial charge in [-0.3, -0.25) is 4.79 Å². The molecule has 1 N–H and O–H groups in total. The molecule has 0 radical (unpaired) electrons. The van der Waals surface area contributed by atoms with Gasteiger partial charge in [0.15, 0.2) is 0 Å². The number of carbonyl (C=O) groups is 1. The molecule has 122 valence electrons. The van der Waals surface area contributed by atoms with Gasteiger partial charge >= 0.3 is 0 Å². The van der Waals surface area contributed by atoms with E-state index in [4.69, 9.17) is 11.6 Å². The molecular formula is C17H24Cl2N2O. The first kappa shape index (κ1) is 19.0. The highest BCUT2D eigenvalue weighted by molar-refractivity contribution is 6.31. The monoisotopic (exact) mass is 342 g/mol. The van der Waals surface area contributed by atoms with Crippen LogP contribution < -0.4 is 5.32 Å². The third-order valence-corrected chi connectivity index (χ3v) is 4.44. The number of piperidine rings is 1. The summed E-state index contributed by atoms with van der Waals surface area (Å²) < 4.78 is 0. The minimum atomic E-state index is 0. The Labute approximate surface area is 144 Å². The van der Waals surface area contributed by atoms with Crippen LogP contribution in [0.2, 0.25) is 5.02 Å². The average molecular weight is 343 g/mol. The molecule has 1 aromatic rings. The van der Waals surface area contributed by atoms with Crippen molar-refractivity contribution in [3.05, 3.63) is 40.4 Å². The molecule has 0 aromatic heterocycles. The third-order valence-electron chi connectivity index (χ3n) is 4.03. The summed E-state index contributed by atoms with van der Waals surface area (Å²) in [5, 5.41) is 3.94. The van der Waals surface area contributed by atoms with Crippen molar-refractivity contribution < 1.29 is 4.79 Å². The van der Waals surface area contributed by atoms with Crippen LogP contribution in [0.3, 0.4) is 0 Å². The predicted molar refractivity (Wildman–Crippen MR) is 95.7 cm³/mol. The molecule has 0 saturated carbocycles. The summed E-state index contributed by atoms with van der Waals surface area (Å²) >= 11 is 6.09. The number of nitrogens with one attached hydrogen (secondary N) is 1. The summed E-state index contributed by atoms with van der Waals surface area (Å²) in [7, 11) is 1.98. The second-order valence-corrected chi connectivity index (χ2v) is 6.08. The highest BCUT2D eigenvalue weighted by Crippen LogP contribution is 2.19. The van der Waals surface area contributed by atoms with Crippen LogP contribution in [0, 0.1) is 12.8 Å². The van der Waals surface area contributed by atoms with Gasteiger partial charge in [0.2, 0.25) is 5.91 Å². The molecule has 5 heteroatoms. The number of amides is 1. The van der Waals surface area contributed by atoms with Gasteiger partial charge in [0.25, 0.3) is 0 Å². The van der Waals surface area contributed by atoms with E-state index in [1.165, 1.54) is 0 Å². The Hall–Kier alpha value is -1.03. The largest absolute Gasteiger partial charge is 0.339 e. The number of carbonyl (C=O) groups excluding carboxylic acids is 1. The molecule has 0 spiro atoms. The fourth-order valence-electron chi connectivity index (χ4n) is 2.63. The first-order valence-corrected chi connectivity index (χ1v) is 7.85. The van der Waals surface area contributed by atoms with E-state index in [0.717, 1.165) is 48.6 Å². The number of hydrogen-bond acceptors (Lipinski definition) is 2. The lowest BCUT2D eigenvalue weighted by Gasteiger charge is -2.31. The Morgan fingerprint density at radius 2 is 2.09 bits per heavy atom. The van der Waals surface area contributed by atoms with E-state index in [1.54, 1.807) is 6.08 Å². The van der Waals surface area contributed by atoms with E-state index in [9.17, 15) is 4.79 Å². The molecule has 1 aliphatic rings. The summed E-state index contributed by atoms with van der Waals surface area (Å²) in [6.07, 6.45) is 5.65. The molecule has 1 aliphatic heterocycles. The number of rotatable bonds is 4. The molecular weight excluding hydrogens is 319 g/mol. The topological polar surface area (TPSA) is 32.3 Å². The van der Waals surface area contributed by atoms with Crippen molar-refractivity contribution in [1.29, 1.82) is 0 Å². The number of benzene rings is 1. The molecule has 2 rings (SSSR count). The molecule has 0 aliphatic carbocycles. The second-order valence-electron chi connectivity index (χ2n) is 5.67. The number of aryl methyl sites for hydroxylation is 1. The Balaban J connectivity index is 0.00000242. The molecule has 22 heavy (non-hydrogen) atoms. The lowest BCUT2D eigenvalue weighted by atomic mass is 9.97. The van der Waals surface area contributed by atoms with Crippen molar-refractivity contribution in [2.75, 3.05) is 26.7 Å². The molecule has 1 saturated heterocycles. The highest BCUT2D eigenvalue weighted by Gasteiger charge is 2.20. The van der Waals surface area contributed by atoms with Crippen LogP contribution in [-0.2, 0) is 4.79 Å². The summed E-state index contributed by atoms with van der Waals surface area (Å²) in [5.74, 6) is 0.786. The fourth-order valence-corrected chi connectivity index (χ4v) is 2.82. The molecule has 0 bridgehead atoms. The van der Waals surface area contributed by atoms with Crippen molar-refractivity contribution in [2.45, 2.75) is 19.8 Å². The molecule has 1 heterocycles. The molecule has 1 fully saturated rings. The number of nitrogens with zero attached hydrogens (tertiary/aromatic N) is 1. The quantitative estimate of drug-likeness (QED) is 0.848. The lowest BCUT2D eigenvalue weighted by molar-refractivity contribution is -0.127. The fraction of sp³-hybridized carbons (Fsp3) is 0.471. The molecule has 1 aromatic carbocycles. The first-order valence-electron chi connectivity index (χ1n) is 7.48. The van der Waals surface area contributed by atoms with E-state index in [-0.39, 0.29) is 18.3 Å². The van der Waals surface area contributed by atoms with Crippen LogP contribution in [0.25, 0.3) is 6.08 Å². The average Bonchev–Trinajstić information content (AvgIpc) is 2.49. The summed E-state index contributed by atoms with van der Waals surface area (Å²) in [4.78, 5) is 14.1.